The Bertz CT molecular complexity index is 245. The normalized spacial score (nSPS) is 8.00. The van der Waals surface area contributed by atoms with E-state index in [1.165, 1.54) is 0 Å². The summed E-state index contributed by atoms with van der Waals surface area (Å²) in [5.74, 6) is 0.125. The van der Waals surface area contributed by atoms with Gasteiger partial charge < -0.3 is 17.2 Å². The van der Waals surface area contributed by atoms with Gasteiger partial charge in [0.15, 0.2) is 12.6 Å². The van der Waals surface area contributed by atoms with Gasteiger partial charge in [0.05, 0.1) is 0 Å². The van der Waals surface area contributed by atoms with Gasteiger partial charge in [0.1, 0.15) is 0 Å². The highest BCUT2D eigenvalue weighted by atomic mass is 16.2. The van der Waals surface area contributed by atoms with Crippen molar-refractivity contribution in [3.05, 3.63) is 0 Å². The van der Waals surface area contributed by atoms with Crippen LogP contribution in [0, 0.1) is 0 Å². The van der Waals surface area contributed by atoms with Gasteiger partial charge in [-0.2, -0.15) is 15.0 Å². The van der Waals surface area contributed by atoms with Gasteiger partial charge in [0.25, 0.3) is 0 Å². The number of hydrogen-bond acceptors (Lipinski definition) is 8. The molecule has 0 radical (unpaired) electrons. The lowest BCUT2D eigenvalue weighted by Crippen LogP contribution is -2.05. The average molecular weight is 184 g/mol. The van der Waals surface area contributed by atoms with Crippen LogP contribution in [0.25, 0.3) is 0 Å². The second-order valence-electron chi connectivity index (χ2n) is 1.68. The molecule has 1 aromatic rings. The molecule has 1 aromatic heterocycles. The third-order valence-corrected chi connectivity index (χ3v) is 0.743. The van der Waals surface area contributed by atoms with E-state index in [2.05, 4.69) is 15.0 Å². The number of carbonyl (C=O) groups excluding carboxylic acids is 2. The summed E-state index contributed by atoms with van der Waals surface area (Å²) in [6.45, 7) is 0. The minimum atomic E-state index is 0.0417. The summed E-state index contributed by atoms with van der Waals surface area (Å²) < 4.78 is 0. The Morgan fingerprint density at radius 1 is 0.769 bits per heavy atom. The van der Waals surface area contributed by atoms with Gasteiger partial charge in [0.2, 0.25) is 17.8 Å². The lowest BCUT2D eigenvalue weighted by Gasteiger charge is -1.93. The van der Waals surface area contributed by atoms with Crippen LogP contribution in [0.5, 0.6) is 0 Å². The minimum Gasteiger partial charge on any atom is -0.368 e. The number of aromatic nitrogens is 3. The van der Waals surface area contributed by atoms with Crippen LogP contribution in [0.2, 0.25) is 0 Å². The van der Waals surface area contributed by atoms with Crippen molar-refractivity contribution in [2.24, 2.45) is 0 Å². The summed E-state index contributed by atoms with van der Waals surface area (Å²) in [6.07, 6.45) is 0.389. The minimum absolute atomic E-state index is 0.0417. The fourth-order valence-corrected chi connectivity index (χ4v) is 0.427. The van der Waals surface area contributed by atoms with E-state index in [4.69, 9.17) is 26.8 Å². The van der Waals surface area contributed by atoms with E-state index in [-0.39, 0.29) is 30.4 Å². The number of nitrogens with two attached hydrogens (primary N) is 3. The molecule has 0 bridgehead atoms. The Morgan fingerprint density at radius 3 is 1.15 bits per heavy atom. The molecule has 0 aliphatic carbocycles. The van der Waals surface area contributed by atoms with Crippen molar-refractivity contribution in [2.75, 3.05) is 17.2 Å². The first-order valence-electron chi connectivity index (χ1n) is 3.01. The number of rotatable bonds is 1. The zero-order chi connectivity index (χ0) is 10.3. The van der Waals surface area contributed by atoms with E-state index < -0.39 is 0 Å². The number of aldehydes is 2. The van der Waals surface area contributed by atoms with Crippen LogP contribution in [-0.4, -0.2) is 27.5 Å². The molecule has 13 heavy (non-hydrogen) atoms. The SMILES string of the molecule is Nc1nc(N)nc(N)n1.O=CC=O. The Morgan fingerprint density at radius 2 is 1.00 bits per heavy atom. The predicted octanol–water partition coefficient (Wildman–Crippen LogP) is -2.00. The number of anilines is 3. The van der Waals surface area contributed by atoms with E-state index in [0.29, 0.717) is 0 Å². The molecular formula is C5H8N6O2. The molecule has 0 saturated carbocycles. The van der Waals surface area contributed by atoms with Crippen molar-refractivity contribution in [1.82, 2.24) is 15.0 Å². The van der Waals surface area contributed by atoms with Gasteiger partial charge in [-0.1, -0.05) is 0 Å². The molecule has 0 aliphatic rings. The van der Waals surface area contributed by atoms with Gasteiger partial charge in [-0.05, 0) is 0 Å². The van der Waals surface area contributed by atoms with Gasteiger partial charge in [0, 0.05) is 0 Å². The highest BCUT2D eigenvalue weighted by molar-refractivity contribution is 6.09. The molecule has 0 aliphatic heterocycles. The Labute approximate surface area is 73.2 Å². The van der Waals surface area contributed by atoms with Crippen molar-refractivity contribution in [1.29, 1.82) is 0 Å². The fourth-order valence-electron chi connectivity index (χ4n) is 0.427. The van der Waals surface area contributed by atoms with E-state index >= 15 is 0 Å². The quantitative estimate of drug-likeness (QED) is 0.335. The molecule has 70 valence electrons. The maximum absolute atomic E-state index is 8.81. The lowest BCUT2D eigenvalue weighted by molar-refractivity contribution is -0.122. The first-order chi connectivity index (χ1) is 6.10. The Hall–Kier alpha value is -2.25. The van der Waals surface area contributed by atoms with Crippen molar-refractivity contribution in [2.45, 2.75) is 0 Å². The molecule has 0 aromatic carbocycles. The number of carbonyl (C=O) groups is 2. The molecule has 8 nitrogen and oxygen atoms in total. The Balaban J connectivity index is 0.000000310. The highest BCUT2D eigenvalue weighted by Gasteiger charge is 1.93. The van der Waals surface area contributed by atoms with Crippen molar-refractivity contribution in [3.8, 4) is 0 Å². The molecule has 0 amide bonds. The molecule has 0 fully saturated rings. The molecule has 1 rings (SSSR count). The monoisotopic (exact) mass is 184 g/mol. The van der Waals surface area contributed by atoms with E-state index in [0.717, 1.165) is 0 Å². The standard InChI is InChI=1S/C3H6N6.C2H2O2/c4-1-7-2(5)9-3(6)8-1;3-1-2-4/h(H6,4,5,6,7,8,9);1-2H. The topological polar surface area (TPSA) is 151 Å². The first kappa shape index (κ1) is 10.8. The number of nitrogen functional groups attached to an aromatic ring is 3. The van der Waals surface area contributed by atoms with Crippen molar-refractivity contribution in [3.63, 3.8) is 0 Å². The third kappa shape index (κ3) is 5.07. The number of hydrogen-bond donors (Lipinski definition) is 3. The van der Waals surface area contributed by atoms with Gasteiger partial charge in [-0.15, -0.1) is 0 Å². The molecule has 0 atom stereocenters. The van der Waals surface area contributed by atoms with Gasteiger partial charge >= 0.3 is 0 Å². The van der Waals surface area contributed by atoms with Crippen LogP contribution in [-0.2, 0) is 9.59 Å². The first-order valence-corrected chi connectivity index (χ1v) is 3.01. The summed E-state index contributed by atoms with van der Waals surface area (Å²) in [5.41, 5.74) is 15.4. The summed E-state index contributed by atoms with van der Waals surface area (Å²) in [4.78, 5) is 28.1. The molecule has 0 saturated heterocycles. The molecule has 6 N–H and O–H groups in total. The average Bonchev–Trinajstić information content (AvgIpc) is 2.02. The zero-order valence-electron chi connectivity index (χ0n) is 6.54. The summed E-state index contributed by atoms with van der Waals surface area (Å²) in [6, 6.07) is 0. The molecule has 1 heterocycles. The molecule has 0 spiro atoms. The molecule has 0 unspecified atom stereocenters. The highest BCUT2D eigenvalue weighted by Crippen LogP contribution is 1.97. The van der Waals surface area contributed by atoms with Crippen molar-refractivity contribution >= 4 is 30.4 Å². The van der Waals surface area contributed by atoms with E-state index in [1.54, 1.807) is 0 Å². The largest absolute Gasteiger partial charge is 0.368 e. The lowest BCUT2D eigenvalue weighted by atomic mass is 10.9. The third-order valence-electron chi connectivity index (χ3n) is 0.743. The van der Waals surface area contributed by atoms with Crippen LogP contribution in [0.4, 0.5) is 17.8 Å². The van der Waals surface area contributed by atoms with Crippen LogP contribution in [0.1, 0.15) is 0 Å². The van der Waals surface area contributed by atoms with Crippen molar-refractivity contribution < 1.29 is 9.59 Å². The maximum atomic E-state index is 8.81. The smallest absolute Gasteiger partial charge is 0.226 e. The second-order valence-corrected chi connectivity index (χ2v) is 1.68. The maximum Gasteiger partial charge on any atom is 0.226 e. The summed E-state index contributed by atoms with van der Waals surface area (Å²) in [7, 11) is 0. The molecule has 8 heteroatoms. The van der Waals surface area contributed by atoms with Crippen LogP contribution in [0.15, 0.2) is 0 Å². The molecular weight excluding hydrogens is 176 g/mol. The Kier molecular flexibility index (Phi) is 4.47. The fraction of sp³-hybridized carbons (Fsp3) is 0. The van der Waals surface area contributed by atoms with Gasteiger partial charge in [-0.25, -0.2) is 0 Å². The summed E-state index contributed by atoms with van der Waals surface area (Å²) >= 11 is 0. The summed E-state index contributed by atoms with van der Waals surface area (Å²) in [5, 5.41) is 0. The van der Waals surface area contributed by atoms with E-state index in [1.807, 2.05) is 0 Å². The number of nitrogens with zero attached hydrogens (tertiary/aromatic N) is 3. The van der Waals surface area contributed by atoms with Crippen LogP contribution in [0.3, 0.4) is 0 Å². The van der Waals surface area contributed by atoms with E-state index in [9.17, 15) is 0 Å². The van der Waals surface area contributed by atoms with Gasteiger partial charge in [-0.3, -0.25) is 9.59 Å². The van der Waals surface area contributed by atoms with Crippen LogP contribution < -0.4 is 17.2 Å². The predicted molar refractivity (Wildman–Crippen MR) is 45.2 cm³/mol. The zero-order valence-corrected chi connectivity index (χ0v) is 6.54. The van der Waals surface area contributed by atoms with Crippen LogP contribution >= 0.6 is 0 Å². The second kappa shape index (κ2) is 5.41.